The van der Waals surface area contributed by atoms with Gasteiger partial charge in [0.05, 0.1) is 30.9 Å². The molecule has 1 aromatic carbocycles. The smallest absolute Gasteiger partial charge is 0.150 e. The van der Waals surface area contributed by atoms with Gasteiger partial charge in [-0.1, -0.05) is 12.1 Å². The molecule has 1 rings (SSSR count). The summed E-state index contributed by atoms with van der Waals surface area (Å²) in [5.41, 5.74) is 5.89. The largest absolute Gasteiger partial charge is 0.396 e. The van der Waals surface area contributed by atoms with Gasteiger partial charge in [0.25, 0.3) is 0 Å². The van der Waals surface area contributed by atoms with Crippen molar-refractivity contribution in [3.63, 3.8) is 0 Å². The lowest BCUT2D eigenvalue weighted by molar-refractivity contribution is 0.329. The van der Waals surface area contributed by atoms with Gasteiger partial charge in [-0.05, 0) is 6.07 Å². The van der Waals surface area contributed by atoms with Crippen LogP contribution < -0.4 is 5.73 Å². The van der Waals surface area contributed by atoms with Crippen molar-refractivity contribution in [3.8, 4) is 12.1 Å². The van der Waals surface area contributed by atoms with Crippen molar-refractivity contribution in [2.45, 2.75) is 6.54 Å². The lowest BCUT2D eigenvalue weighted by Gasteiger charge is -2.15. The topological polar surface area (TPSA) is 76.8 Å². The fraction of sp³-hybridized carbons (Fsp3) is 0.273. The molecule has 0 saturated heterocycles. The van der Waals surface area contributed by atoms with E-state index in [9.17, 15) is 4.39 Å². The highest BCUT2D eigenvalue weighted by atomic mass is 19.1. The number of halogens is 1. The number of nitrogens with zero attached hydrogens (tertiary/aromatic N) is 3. The molecule has 4 nitrogen and oxygen atoms in total. The normalized spacial score (nSPS) is 9.75. The first kappa shape index (κ1) is 12.0. The molecule has 2 N–H and O–H groups in total. The Labute approximate surface area is 93.3 Å². The maximum atomic E-state index is 13.5. The van der Waals surface area contributed by atoms with Crippen molar-refractivity contribution in [2.24, 2.45) is 0 Å². The van der Waals surface area contributed by atoms with Gasteiger partial charge in [0.1, 0.15) is 0 Å². The van der Waals surface area contributed by atoms with Crippen LogP contribution in [0.15, 0.2) is 18.2 Å². The number of anilines is 1. The van der Waals surface area contributed by atoms with Crippen LogP contribution in [-0.4, -0.2) is 18.0 Å². The van der Waals surface area contributed by atoms with Crippen LogP contribution in [0.2, 0.25) is 0 Å². The van der Waals surface area contributed by atoms with Gasteiger partial charge >= 0.3 is 0 Å². The van der Waals surface area contributed by atoms with E-state index in [0.29, 0.717) is 5.56 Å². The second-order valence-electron chi connectivity index (χ2n) is 3.28. The monoisotopic (exact) mass is 218 g/mol. The lowest BCUT2D eigenvalue weighted by atomic mass is 10.1. The Morgan fingerprint density at radius 2 is 1.88 bits per heavy atom. The molecular formula is C11H11FN4. The number of rotatable bonds is 4. The number of hydrogen-bond acceptors (Lipinski definition) is 4. The molecule has 5 heteroatoms. The van der Waals surface area contributed by atoms with E-state index in [2.05, 4.69) is 0 Å². The summed E-state index contributed by atoms with van der Waals surface area (Å²) >= 11 is 0. The predicted molar refractivity (Wildman–Crippen MR) is 57.3 cm³/mol. The molecule has 0 fully saturated rings. The summed E-state index contributed by atoms with van der Waals surface area (Å²) in [7, 11) is 0. The van der Waals surface area contributed by atoms with Gasteiger partial charge in [0.15, 0.2) is 5.82 Å². The van der Waals surface area contributed by atoms with Crippen LogP contribution in [0.1, 0.15) is 5.56 Å². The molecule has 0 aliphatic rings. The minimum absolute atomic E-state index is 0.0753. The van der Waals surface area contributed by atoms with Gasteiger partial charge < -0.3 is 5.73 Å². The van der Waals surface area contributed by atoms with E-state index in [4.69, 9.17) is 16.3 Å². The van der Waals surface area contributed by atoms with Gasteiger partial charge in [-0.15, -0.1) is 0 Å². The van der Waals surface area contributed by atoms with E-state index in [0.717, 1.165) is 0 Å². The molecule has 0 aliphatic heterocycles. The van der Waals surface area contributed by atoms with Crippen molar-refractivity contribution in [1.82, 2.24) is 4.90 Å². The summed E-state index contributed by atoms with van der Waals surface area (Å²) in [6.45, 7) is 0.377. The standard InChI is InChI=1S/C11H11FN4/c12-11-9(2-1-3-10(11)15)8-16(6-4-13)7-5-14/h1-3H,6-8,15H2. The summed E-state index contributed by atoms with van der Waals surface area (Å²) in [4.78, 5) is 1.54. The summed E-state index contributed by atoms with van der Waals surface area (Å²) in [6, 6.07) is 8.56. The molecule has 0 unspecified atom stereocenters. The molecular weight excluding hydrogens is 207 g/mol. The summed E-state index contributed by atoms with van der Waals surface area (Å²) in [6.07, 6.45) is 0. The van der Waals surface area contributed by atoms with Crippen LogP contribution >= 0.6 is 0 Å². The van der Waals surface area contributed by atoms with E-state index < -0.39 is 5.82 Å². The first-order chi connectivity index (χ1) is 7.69. The van der Waals surface area contributed by atoms with E-state index in [1.165, 1.54) is 11.0 Å². The first-order valence-corrected chi connectivity index (χ1v) is 4.68. The third-order valence-corrected chi connectivity index (χ3v) is 2.09. The van der Waals surface area contributed by atoms with Crippen LogP contribution in [0, 0.1) is 28.5 Å². The van der Waals surface area contributed by atoms with Crippen LogP contribution in [0.4, 0.5) is 10.1 Å². The van der Waals surface area contributed by atoms with Crippen molar-refractivity contribution in [1.29, 1.82) is 10.5 Å². The summed E-state index contributed by atoms with van der Waals surface area (Å²) in [5.74, 6) is -0.483. The Bertz CT molecular complexity index is 428. The number of hydrogen-bond donors (Lipinski definition) is 1. The van der Waals surface area contributed by atoms with E-state index >= 15 is 0 Å². The first-order valence-electron chi connectivity index (χ1n) is 4.68. The zero-order valence-corrected chi connectivity index (χ0v) is 8.65. The molecule has 0 atom stereocenters. The SMILES string of the molecule is N#CCN(CC#N)Cc1cccc(N)c1F. The Morgan fingerprint density at radius 3 is 2.44 bits per heavy atom. The number of nitrogen functional groups attached to an aromatic ring is 1. The highest BCUT2D eigenvalue weighted by molar-refractivity contribution is 5.42. The number of nitrogens with two attached hydrogens (primary N) is 1. The molecule has 0 heterocycles. The van der Waals surface area contributed by atoms with Gasteiger partial charge in [-0.2, -0.15) is 10.5 Å². The Balaban J connectivity index is 2.82. The van der Waals surface area contributed by atoms with Crippen LogP contribution in [0.25, 0.3) is 0 Å². The van der Waals surface area contributed by atoms with Crippen molar-refractivity contribution >= 4 is 5.69 Å². The third kappa shape index (κ3) is 2.94. The minimum Gasteiger partial charge on any atom is -0.396 e. The molecule has 82 valence electrons. The van der Waals surface area contributed by atoms with Crippen molar-refractivity contribution < 1.29 is 4.39 Å². The van der Waals surface area contributed by atoms with Gasteiger partial charge in [0, 0.05) is 12.1 Å². The Kier molecular flexibility index (Phi) is 4.26. The molecule has 0 aliphatic carbocycles. The van der Waals surface area contributed by atoms with Gasteiger partial charge in [0.2, 0.25) is 0 Å². The zero-order chi connectivity index (χ0) is 12.0. The fourth-order valence-electron chi connectivity index (χ4n) is 1.33. The average Bonchev–Trinajstić information content (AvgIpc) is 2.25. The second-order valence-corrected chi connectivity index (χ2v) is 3.28. The van der Waals surface area contributed by atoms with Crippen molar-refractivity contribution in [3.05, 3.63) is 29.6 Å². The maximum absolute atomic E-state index is 13.5. The fourth-order valence-corrected chi connectivity index (χ4v) is 1.33. The van der Waals surface area contributed by atoms with Gasteiger partial charge in [-0.3, -0.25) is 4.90 Å². The molecule has 0 radical (unpaired) electrons. The van der Waals surface area contributed by atoms with E-state index in [1.807, 2.05) is 12.1 Å². The summed E-state index contributed by atoms with van der Waals surface area (Å²) < 4.78 is 13.5. The molecule has 0 aromatic heterocycles. The maximum Gasteiger partial charge on any atom is 0.150 e. The highest BCUT2D eigenvalue weighted by Crippen LogP contribution is 2.16. The Hall–Kier alpha value is -2.11. The van der Waals surface area contributed by atoms with Crippen molar-refractivity contribution in [2.75, 3.05) is 18.8 Å². The van der Waals surface area contributed by atoms with Gasteiger partial charge in [-0.25, -0.2) is 4.39 Å². The second kappa shape index (κ2) is 5.69. The molecule has 1 aromatic rings. The molecule has 16 heavy (non-hydrogen) atoms. The van der Waals surface area contributed by atoms with Crippen LogP contribution in [-0.2, 0) is 6.54 Å². The highest BCUT2D eigenvalue weighted by Gasteiger charge is 2.10. The van der Waals surface area contributed by atoms with E-state index in [1.54, 1.807) is 12.1 Å². The van der Waals surface area contributed by atoms with Crippen LogP contribution in [0.3, 0.4) is 0 Å². The molecule has 0 bridgehead atoms. The minimum atomic E-state index is -0.483. The molecule has 0 saturated carbocycles. The summed E-state index contributed by atoms with van der Waals surface area (Å²) in [5, 5.41) is 17.1. The Morgan fingerprint density at radius 1 is 1.25 bits per heavy atom. The quantitative estimate of drug-likeness (QED) is 0.609. The third-order valence-electron chi connectivity index (χ3n) is 2.09. The van der Waals surface area contributed by atoms with E-state index in [-0.39, 0.29) is 25.3 Å². The number of benzene rings is 1. The molecule has 0 amide bonds. The number of nitriles is 2. The van der Waals surface area contributed by atoms with Crippen LogP contribution in [0.5, 0.6) is 0 Å². The lowest BCUT2D eigenvalue weighted by Crippen LogP contribution is -2.24. The zero-order valence-electron chi connectivity index (χ0n) is 8.65. The average molecular weight is 218 g/mol. The predicted octanol–water partition coefficient (Wildman–Crippen LogP) is 1.26. The molecule has 0 spiro atoms.